The number of piperidine rings is 1. The summed E-state index contributed by atoms with van der Waals surface area (Å²) in [4.78, 5) is 0. The molecule has 0 aliphatic carbocycles. The Balaban J connectivity index is 1.76. The van der Waals surface area contributed by atoms with E-state index >= 15 is 0 Å². The Kier molecular flexibility index (Phi) is 3.03. The molecule has 1 aliphatic heterocycles. The fourth-order valence-electron chi connectivity index (χ4n) is 1.87. The van der Waals surface area contributed by atoms with Crippen molar-refractivity contribution in [3.63, 3.8) is 0 Å². The van der Waals surface area contributed by atoms with Crippen molar-refractivity contribution in [2.75, 3.05) is 25.0 Å². The molecule has 2 rings (SSSR count). The standard InChI is InChI=1S/C10H18N4/c1-14-8-10(7-13-14)12-6-9-3-2-4-11-5-9/h7-9,11-12H,2-6H2,1H3. The van der Waals surface area contributed by atoms with Crippen LogP contribution in [0.1, 0.15) is 12.8 Å². The van der Waals surface area contributed by atoms with E-state index in [0.29, 0.717) is 0 Å². The molecule has 0 aromatic carbocycles. The van der Waals surface area contributed by atoms with Crippen LogP contribution in [0.25, 0.3) is 0 Å². The molecule has 0 bridgehead atoms. The van der Waals surface area contributed by atoms with Gasteiger partial charge in [-0.3, -0.25) is 4.68 Å². The molecule has 1 unspecified atom stereocenters. The van der Waals surface area contributed by atoms with Crippen molar-refractivity contribution < 1.29 is 0 Å². The van der Waals surface area contributed by atoms with E-state index in [4.69, 9.17) is 0 Å². The summed E-state index contributed by atoms with van der Waals surface area (Å²) in [5.41, 5.74) is 1.12. The Morgan fingerprint density at radius 3 is 3.29 bits per heavy atom. The highest BCUT2D eigenvalue weighted by molar-refractivity contribution is 5.37. The smallest absolute Gasteiger partial charge is 0.0726 e. The first-order valence-corrected chi connectivity index (χ1v) is 5.28. The first-order chi connectivity index (χ1) is 6.84. The highest BCUT2D eigenvalue weighted by Crippen LogP contribution is 2.11. The Labute approximate surface area is 84.7 Å². The van der Waals surface area contributed by atoms with Crippen LogP contribution in [0.15, 0.2) is 12.4 Å². The molecule has 2 N–H and O–H groups in total. The van der Waals surface area contributed by atoms with Gasteiger partial charge in [-0.25, -0.2) is 0 Å². The number of anilines is 1. The Bertz CT molecular complexity index is 275. The van der Waals surface area contributed by atoms with Gasteiger partial charge in [-0.15, -0.1) is 0 Å². The van der Waals surface area contributed by atoms with Crippen molar-refractivity contribution in [1.82, 2.24) is 15.1 Å². The number of hydrogen-bond acceptors (Lipinski definition) is 3. The lowest BCUT2D eigenvalue weighted by atomic mass is 10.00. The van der Waals surface area contributed by atoms with Crippen molar-refractivity contribution in [2.24, 2.45) is 13.0 Å². The summed E-state index contributed by atoms with van der Waals surface area (Å²) in [6.07, 6.45) is 6.52. The molecule has 1 aromatic heterocycles. The van der Waals surface area contributed by atoms with Crippen LogP contribution in [-0.4, -0.2) is 29.4 Å². The van der Waals surface area contributed by atoms with Gasteiger partial charge in [0.25, 0.3) is 0 Å². The van der Waals surface area contributed by atoms with Gasteiger partial charge in [0, 0.05) is 19.8 Å². The minimum Gasteiger partial charge on any atom is -0.382 e. The van der Waals surface area contributed by atoms with Gasteiger partial charge in [-0.05, 0) is 31.8 Å². The molecular formula is C10H18N4. The van der Waals surface area contributed by atoms with Gasteiger partial charge < -0.3 is 10.6 Å². The first kappa shape index (κ1) is 9.52. The number of aryl methyl sites for hydroxylation is 1. The zero-order chi connectivity index (χ0) is 9.80. The summed E-state index contributed by atoms with van der Waals surface area (Å²) >= 11 is 0. The van der Waals surface area contributed by atoms with Gasteiger partial charge in [-0.1, -0.05) is 0 Å². The van der Waals surface area contributed by atoms with Gasteiger partial charge in [-0.2, -0.15) is 5.10 Å². The van der Waals surface area contributed by atoms with E-state index in [9.17, 15) is 0 Å². The predicted molar refractivity (Wildman–Crippen MR) is 57.3 cm³/mol. The Morgan fingerprint density at radius 1 is 1.71 bits per heavy atom. The Hall–Kier alpha value is -1.03. The van der Waals surface area contributed by atoms with Gasteiger partial charge in [0.2, 0.25) is 0 Å². The number of nitrogens with zero attached hydrogens (tertiary/aromatic N) is 2. The van der Waals surface area contributed by atoms with E-state index in [2.05, 4.69) is 15.7 Å². The molecule has 0 radical (unpaired) electrons. The van der Waals surface area contributed by atoms with E-state index in [0.717, 1.165) is 24.7 Å². The van der Waals surface area contributed by atoms with E-state index in [1.165, 1.54) is 19.4 Å². The number of nitrogens with one attached hydrogen (secondary N) is 2. The lowest BCUT2D eigenvalue weighted by molar-refractivity contribution is 0.393. The molecule has 0 saturated carbocycles. The average Bonchev–Trinajstić information content (AvgIpc) is 2.63. The average molecular weight is 194 g/mol. The van der Waals surface area contributed by atoms with Crippen molar-refractivity contribution in [1.29, 1.82) is 0 Å². The maximum atomic E-state index is 4.12. The largest absolute Gasteiger partial charge is 0.382 e. The number of hydrogen-bond donors (Lipinski definition) is 2. The molecule has 0 spiro atoms. The molecule has 2 heterocycles. The molecule has 1 aromatic rings. The molecular weight excluding hydrogens is 176 g/mol. The second-order valence-electron chi connectivity index (χ2n) is 4.00. The van der Waals surface area contributed by atoms with Crippen LogP contribution in [0.2, 0.25) is 0 Å². The fourth-order valence-corrected chi connectivity index (χ4v) is 1.87. The van der Waals surface area contributed by atoms with Gasteiger partial charge in [0.05, 0.1) is 11.9 Å². The van der Waals surface area contributed by atoms with Crippen LogP contribution < -0.4 is 10.6 Å². The Morgan fingerprint density at radius 2 is 2.64 bits per heavy atom. The quantitative estimate of drug-likeness (QED) is 0.749. The second kappa shape index (κ2) is 4.46. The fraction of sp³-hybridized carbons (Fsp3) is 0.700. The van der Waals surface area contributed by atoms with Crippen LogP contribution >= 0.6 is 0 Å². The van der Waals surface area contributed by atoms with Crippen molar-refractivity contribution in [2.45, 2.75) is 12.8 Å². The van der Waals surface area contributed by atoms with E-state index in [-0.39, 0.29) is 0 Å². The highest BCUT2D eigenvalue weighted by atomic mass is 15.3. The van der Waals surface area contributed by atoms with Crippen LogP contribution in [0.4, 0.5) is 5.69 Å². The molecule has 78 valence electrons. The summed E-state index contributed by atoms with van der Waals surface area (Å²) in [6, 6.07) is 0. The molecule has 1 atom stereocenters. The van der Waals surface area contributed by atoms with Crippen LogP contribution in [0.3, 0.4) is 0 Å². The normalized spacial score (nSPS) is 22.2. The summed E-state index contributed by atoms with van der Waals surface area (Å²) in [5.74, 6) is 0.768. The summed E-state index contributed by atoms with van der Waals surface area (Å²) < 4.78 is 1.82. The number of rotatable bonds is 3. The summed E-state index contributed by atoms with van der Waals surface area (Å²) in [7, 11) is 1.94. The summed E-state index contributed by atoms with van der Waals surface area (Å²) in [6.45, 7) is 3.38. The predicted octanol–water partition coefficient (Wildman–Crippen LogP) is 0.832. The zero-order valence-electron chi connectivity index (χ0n) is 8.66. The molecule has 1 fully saturated rings. The molecule has 4 nitrogen and oxygen atoms in total. The second-order valence-corrected chi connectivity index (χ2v) is 4.00. The minimum atomic E-state index is 0.768. The molecule has 4 heteroatoms. The highest BCUT2D eigenvalue weighted by Gasteiger charge is 2.12. The van der Waals surface area contributed by atoms with Gasteiger partial charge in [0.15, 0.2) is 0 Å². The third-order valence-corrected chi connectivity index (χ3v) is 2.70. The van der Waals surface area contributed by atoms with E-state index in [1.54, 1.807) is 0 Å². The van der Waals surface area contributed by atoms with Crippen molar-refractivity contribution in [3.05, 3.63) is 12.4 Å². The minimum absolute atomic E-state index is 0.768. The topological polar surface area (TPSA) is 41.9 Å². The van der Waals surface area contributed by atoms with Gasteiger partial charge in [0.1, 0.15) is 0 Å². The molecule has 14 heavy (non-hydrogen) atoms. The van der Waals surface area contributed by atoms with E-state index in [1.807, 2.05) is 24.1 Å². The zero-order valence-corrected chi connectivity index (χ0v) is 8.66. The first-order valence-electron chi connectivity index (χ1n) is 5.28. The van der Waals surface area contributed by atoms with E-state index < -0.39 is 0 Å². The van der Waals surface area contributed by atoms with Crippen LogP contribution in [0.5, 0.6) is 0 Å². The number of aromatic nitrogens is 2. The maximum Gasteiger partial charge on any atom is 0.0726 e. The monoisotopic (exact) mass is 194 g/mol. The van der Waals surface area contributed by atoms with Crippen molar-refractivity contribution in [3.8, 4) is 0 Å². The lowest BCUT2D eigenvalue weighted by Gasteiger charge is -2.22. The van der Waals surface area contributed by atoms with Crippen molar-refractivity contribution >= 4 is 5.69 Å². The molecule has 1 saturated heterocycles. The van der Waals surface area contributed by atoms with Gasteiger partial charge >= 0.3 is 0 Å². The lowest BCUT2D eigenvalue weighted by Crippen LogP contribution is -2.33. The third-order valence-electron chi connectivity index (χ3n) is 2.70. The SMILES string of the molecule is Cn1cc(NCC2CCCNC2)cn1. The third kappa shape index (κ3) is 2.48. The summed E-state index contributed by atoms with van der Waals surface area (Å²) in [5, 5.41) is 10.9. The molecule has 0 amide bonds. The molecule has 1 aliphatic rings. The van der Waals surface area contributed by atoms with Crippen LogP contribution in [0, 0.1) is 5.92 Å². The van der Waals surface area contributed by atoms with Crippen LogP contribution in [-0.2, 0) is 7.05 Å². The maximum absolute atomic E-state index is 4.12.